The summed E-state index contributed by atoms with van der Waals surface area (Å²) in [7, 11) is 0. The maximum absolute atomic E-state index is 13.3. The molecule has 32 heavy (non-hydrogen) atoms. The van der Waals surface area contributed by atoms with Crippen LogP contribution in [0, 0.1) is 6.92 Å². The van der Waals surface area contributed by atoms with Gasteiger partial charge in [0, 0.05) is 21.1 Å². The van der Waals surface area contributed by atoms with E-state index in [1.165, 1.54) is 12.1 Å². The monoisotopic (exact) mass is 500 g/mol. The van der Waals surface area contributed by atoms with Gasteiger partial charge in [0.15, 0.2) is 0 Å². The topological polar surface area (TPSA) is 51.2 Å². The van der Waals surface area contributed by atoms with E-state index in [-0.39, 0.29) is 5.75 Å². The summed E-state index contributed by atoms with van der Waals surface area (Å²) in [6.45, 7) is 1.82. The molecule has 1 N–H and O–H groups in total. The number of hydrogen-bond donors (Lipinski definition) is 1. The lowest BCUT2D eigenvalue weighted by molar-refractivity contribution is -0.274. The van der Waals surface area contributed by atoms with Gasteiger partial charge in [0.1, 0.15) is 5.75 Å². The van der Waals surface area contributed by atoms with E-state index < -0.39 is 12.3 Å². The SMILES string of the molecule is Cc1c(-c2ccccc2)nc2ccc(Br)cc2c1C(=O)Nc1ccc(OC(F)(F)F)cc1. The average Bonchev–Trinajstić information content (AvgIpc) is 2.74. The molecule has 8 heteroatoms. The first kappa shape index (κ1) is 21.8. The van der Waals surface area contributed by atoms with Crippen LogP contribution in [0.3, 0.4) is 0 Å². The number of ether oxygens (including phenoxy) is 1. The van der Waals surface area contributed by atoms with Gasteiger partial charge in [0.2, 0.25) is 0 Å². The van der Waals surface area contributed by atoms with Crippen LogP contribution in [-0.2, 0) is 0 Å². The first-order valence-corrected chi connectivity index (χ1v) is 10.3. The van der Waals surface area contributed by atoms with Gasteiger partial charge >= 0.3 is 6.36 Å². The number of fused-ring (bicyclic) bond motifs is 1. The Labute approximate surface area is 190 Å². The number of hydrogen-bond acceptors (Lipinski definition) is 3. The quantitative estimate of drug-likeness (QED) is 0.324. The number of nitrogens with zero attached hydrogens (tertiary/aromatic N) is 1. The van der Waals surface area contributed by atoms with Crippen molar-refractivity contribution < 1.29 is 22.7 Å². The van der Waals surface area contributed by atoms with Gasteiger partial charge in [0.25, 0.3) is 5.91 Å². The van der Waals surface area contributed by atoms with Gasteiger partial charge in [-0.1, -0.05) is 46.3 Å². The molecule has 0 saturated heterocycles. The number of amides is 1. The molecule has 0 aliphatic rings. The molecule has 0 unspecified atom stereocenters. The summed E-state index contributed by atoms with van der Waals surface area (Å²) in [6.07, 6.45) is -4.78. The molecule has 0 fully saturated rings. The standard InChI is InChI=1S/C24H16BrF3N2O2/c1-14-21(23(31)29-17-8-10-18(11-9-17)32-24(26,27)28)19-13-16(25)7-12-20(19)30-22(14)15-5-3-2-4-6-15/h2-13H,1H3,(H,29,31). The number of benzene rings is 3. The molecule has 0 spiro atoms. The van der Waals surface area contributed by atoms with Gasteiger partial charge in [0.05, 0.1) is 16.8 Å². The molecule has 1 aromatic heterocycles. The maximum atomic E-state index is 13.3. The summed E-state index contributed by atoms with van der Waals surface area (Å²) in [4.78, 5) is 18.0. The van der Waals surface area contributed by atoms with Crippen molar-refractivity contribution in [1.82, 2.24) is 4.98 Å². The van der Waals surface area contributed by atoms with Crippen LogP contribution in [0.5, 0.6) is 5.75 Å². The molecule has 0 atom stereocenters. The fourth-order valence-electron chi connectivity index (χ4n) is 3.43. The third-order valence-corrected chi connectivity index (χ3v) is 5.30. The molecule has 0 radical (unpaired) electrons. The summed E-state index contributed by atoms with van der Waals surface area (Å²) >= 11 is 3.44. The van der Waals surface area contributed by atoms with Crippen LogP contribution < -0.4 is 10.1 Å². The number of pyridine rings is 1. The predicted octanol–water partition coefficient (Wildman–Crippen LogP) is 7.12. The zero-order valence-electron chi connectivity index (χ0n) is 16.7. The van der Waals surface area contributed by atoms with Gasteiger partial charge in [-0.2, -0.15) is 0 Å². The largest absolute Gasteiger partial charge is 0.573 e. The Morgan fingerprint density at radius 3 is 2.34 bits per heavy atom. The number of halogens is 4. The van der Waals surface area contributed by atoms with Gasteiger partial charge in [-0.15, -0.1) is 13.2 Å². The molecule has 0 saturated carbocycles. The molecule has 0 bridgehead atoms. The number of alkyl halides is 3. The van der Waals surface area contributed by atoms with Gasteiger partial charge in [-0.3, -0.25) is 4.79 Å². The minimum Gasteiger partial charge on any atom is -0.406 e. The number of nitrogens with one attached hydrogen (secondary N) is 1. The Balaban J connectivity index is 1.75. The second-order valence-corrected chi connectivity index (χ2v) is 7.93. The zero-order valence-corrected chi connectivity index (χ0v) is 18.3. The highest BCUT2D eigenvalue weighted by molar-refractivity contribution is 9.10. The fraction of sp³-hybridized carbons (Fsp3) is 0.0833. The molecule has 3 aromatic carbocycles. The van der Waals surface area contributed by atoms with Crippen molar-refractivity contribution in [3.8, 4) is 17.0 Å². The molecule has 4 nitrogen and oxygen atoms in total. The van der Waals surface area contributed by atoms with E-state index in [9.17, 15) is 18.0 Å². The summed E-state index contributed by atoms with van der Waals surface area (Å²) < 4.78 is 41.8. The van der Waals surface area contributed by atoms with E-state index in [0.29, 0.717) is 33.4 Å². The highest BCUT2D eigenvalue weighted by Crippen LogP contribution is 2.32. The van der Waals surface area contributed by atoms with Crippen LogP contribution in [0.1, 0.15) is 15.9 Å². The Bertz CT molecular complexity index is 1290. The zero-order chi connectivity index (χ0) is 22.9. The summed E-state index contributed by atoms with van der Waals surface area (Å²) in [5.74, 6) is -0.758. The van der Waals surface area contributed by atoms with Crippen molar-refractivity contribution in [2.45, 2.75) is 13.3 Å². The first-order valence-electron chi connectivity index (χ1n) is 9.54. The van der Waals surface area contributed by atoms with E-state index >= 15 is 0 Å². The van der Waals surface area contributed by atoms with Crippen LogP contribution in [0.2, 0.25) is 0 Å². The predicted molar refractivity (Wildman–Crippen MR) is 121 cm³/mol. The van der Waals surface area contributed by atoms with Crippen molar-refractivity contribution >= 4 is 38.4 Å². The smallest absolute Gasteiger partial charge is 0.406 e. The van der Waals surface area contributed by atoms with Crippen molar-refractivity contribution in [3.05, 3.63) is 88.4 Å². The minimum absolute atomic E-state index is 0.338. The van der Waals surface area contributed by atoms with Crippen molar-refractivity contribution in [3.63, 3.8) is 0 Å². The van der Waals surface area contributed by atoms with Crippen molar-refractivity contribution in [2.24, 2.45) is 0 Å². The number of aromatic nitrogens is 1. The molecule has 1 amide bonds. The third-order valence-electron chi connectivity index (χ3n) is 4.81. The second-order valence-electron chi connectivity index (χ2n) is 7.01. The molecule has 162 valence electrons. The molecule has 0 aliphatic heterocycles. The van der Waals surface area contributed by atoms with E-state index in [1.807, 2.05) is 55.5 Å². The Morgan fingerprint density at radius 1 is 1.00 bits per heavy atom. The summed E-state index contributed by atoms with van der Waals surface area (Å²) in [5.41, 5.74) is 3.67. The van der Waals surface area contributed by atoms with E-state index in [4.69, 9.17) is 4.98 Å². The highest BCUT2D eigenvalue weighted by atomic mass is 79.9. The lowest BCUT2D eigenvalue weighted by atomic mass is 9.97. The molecular weight excluding hydrogens is 485 g/mol. The van der Waals surface area contributed by atoms with Gasteiger partial charge in [-0.05, 0) is 55.0 Å². The van der Waals surface area contributed by atoms with Crippen molar-refractivity contribution in [2.75, 3.05) is 5.32 Å². The third kappa shape index (κ3) is 4.75. The van der Waals surface area contributed by atoms with Crippen LogP contribution in [0.25, 0.3) is 22.2 Å². The Morgan fingerprint density at radius 2 is 1.69 bits per heavy atom. The van der Waals surface area contributed by atoms with Crippen LogP contribution in [-0.4, -0.2) is 17.3 Å². The Kier molecular flexibility index (Phi) is 5.88. The van der Waals surface area contributed by atoms with Crippen LogP contribution in [0.15, 0.2) is 77.3 Å². The van der Waals surface area contributed by atoms with E-state index in [0.717, 1.165) is 22.2 Å². The Hall–Kier alpha value is -3.39. The first-order chi connectivity index (χ1) is 15.2. The number of anilines is 1. The normalized spacial score (nSPS) is 11.4. The van der Waals surface area contributed by atoms with Crippen LogP contribution >= 0.6 is 15.9 Å². The molecule has 4 aromatic rings. The second kappa shape index (κ2) is 8.63. The van der Waals surface area contributed by atoms with Gasteiger partial charge < -0.3 is 10.1 Å². The van der Waals surface area contributed by atoms with E-state index in [1.54, 1.807) is 0 Å². The van der Waals surface area contributed by atoms with E-state index in [2.05, 4.69) is 26.0 Å². The lowest BCUT2D eigenvalue weighted by Gasteiger charge is -2.15. The molecular formula is C24H16BrF3N2O2. The molecule has 1 heterocycles. The molecule has 4 rings (SSSR count). The van der Waals surface area contributed by atoms with Crippen LogP contribution in [0.4, 0.5) is 18.9 Å². The average molecular weight is 501 g/mol. The summed E-state index contributed by atoms with van der Waals surface area (Å²) in [5, 5.41) is 3.42. The molecule has 0 aliphatic carbocycles. The number of carbonyl (C=O) groups excluding carboxylic acids is 1. The maximum Gasteiger partial charge on any atom is 0.573 e. The number of carbonyl (C=O) groups is 1. The summed E-state index contributed by atoms with van der Waals surface area (Å²) in [6, 6.07) is 20.0. The lowest BCUT2D eigenvalue weighted by Crippen LogP contribution is -2.17. The van der Waals surface area contributed by atoms with Gasteiger partial charge in [-0.25, -0.2) is 4.98 Å². The fourth-order valence-corrected chi connectivity index (χ4v) is 3.80. The van der Waals surface area contributed by atoms with Crippen molar-refractivity contribution in [1.29, 1.82) is 0 Å². The highest BCUT2D eigenvalue weighted by Gasteiger charge is 2.31. The minimum atomic E-state index is -4.78. The number of rotatable bonds is 4.